The molecule has 1 atom stereocenters. The Kier molecular flexibility index (Phi) is 11.9. The normalized spacial score (nSPS) is 14.5. The molecule has 0 aliphatic rings. The Bertz CT molecular complexity index is 1190. The molecule has 0 radical (unpaired) electrons. The average Bonchev–Trinajstić information content (AvgIpc) is 2.82. The van der Waals surface area contributed by atoms with Gasteiger partial charge in [-0.1, -0.05) is 30.3 Å². The lowest BCUT2D eigenvalue weighted by Crippen LogP contribution is -2.41. The van der Waals surface area contributed by atoms with Crippen molar-refractivity contribution in [1.82, 2.24) is 10.6 Å². The van der Waals surface area contributed by atoms with E-state index >= 15 is 0 Å². The molecule has 40 heavy (non-hydrogen) atoms. The van der Waals surface area contributed by atoms with Crippen LogP contribution in [0.1, 0.15) is 28.4 Å². The second-order valence-electron chi connectivity index (χ2n) is 7.88. The van der Waals surface area contributed by atoms with Gasteiger partial charge in [0.05, 0.1) is 29.8 Å². The number of benzene rings is 1. The van der Waals surface area contributed by atoms with Gasteiger partial charge in [-0.25, -0.2) is 4.39 Å². The minimum atomic E-state index is -5.32. The third kappa shape index (κ3) is 10.9. The molecule has 2 amide bonds. The molecule has 2 N–H and O–H groups in total. The zero-order chi connectivity index (χ0) is 31.1. The smallest absolute Gasteiger partial charge is 0.417 e. The van der Waals surface area contributed by atoms with Crippen molar-refractivity contribution >= 4 is 29.2 Å². The first-order chi connectivity index (χ1) is 18.2. The molecule has 222 valence electrons. The molecule has 0 saturated heterocycles. The van der Waals surface area contributed by atoms with Crippen LogP contribution in [0.5, 0.6) is 0 Å². The Morgan fingerprint density at radius 3 is 2.12 bits per heavy atom. The van der Waals surface area contributed by atoms with Gasteiger partial charge in [-0.05, 0) is 36.8 Å². The van der Waals surface area contributed by atoms with E-state index in [0.29, 0.717) is 12.1 Å². The maximum Gasteiger partial charge on any atom is 0.417 e. The number of ether oxygens (including phenoxy) is 1. The first-order valence-corrected chi connectivity index (χ1v) is 11.1. The molecule has 1 aromatic rings. The Balaban J connectivity index is 3.32. The van der Waals surface area contributed by atoms with Crippen LogP contribution in [0.25, 0.3) is 5.83 Å². The largest absolute Gasteiger partial charge is 0.496 e. The Morgan fingerprint density at radius 1 is 1.05 bits per heavy atom. The molecule has 0 heterocycles. The second-order valence-corrected chi connectivity index (χ2v) is 8.44. The molecule has 0 saturated carbocycles. The zero-order valence-corrected chi connectivity index (χ0v) is 21.3. The van der Waals surface area contributed by atoms with Gasteiger partial charge in [-0.3, -0.25) is 9.59 Å². The van der Waals surface area contributed by atoms with Gasteiger partial charge >= 0.3 is 18.5 Å². The predicted octanol–water partition coefficient (Wildman–Crippen LogP) is 6.83. The van der Waals surface area contributed by atoms with E-state index in [0.717, 1.165) is 12.2 Å². The molecule has 0 aromatic heterocycles. The van der Waals surface area contributed by atoms with Crippen molar-refractivity contribution in [3.05, 3.63) is 76.1 Å². The Hall–Kier alpha value is -3.49. The van der Waals surface area contributed by atoms with E-state index in [-0.39, 0.29) is 22.9 Å². The van der Waals surface area contributed by atoms with Crippen LogP contribution in [0, 0.1) is 5.92 Å². The summed E-state index contributed by atoms with van der Waals surface area (Å²) in [6, 6.07) is 1.08. The molecule has 0 spiro atoms. The van der Waals surface area contributed by atoms with Gasteiger partial charge in [0.1, 0.15) is 24.0 Å². The van der Waals surface area contributed by atoms with Crippen LogP contribution < -0.4 is 10.6 Å². The molecule has 1 unspecified atom stereocenters. The fraction of sp³-hybridized carbons (Fsp3) is 0.333. The van der Waals surface area contributed by atoms with Crippen LogP contribution in [0.2, 0.25) is 0 Å². The highest BCUT2D eigenvalue weighted by Crippen LogP contribution is 2.38. The summed E-state index contributed by atoms with van der Waals surface area (Å²) in [4.78, 5) is 23.6. The number of amides is 2. The summed E-state index contributed by atoms with van der Waals surface area (Å²) in [5.41, 5.74) is -4.64. The number of hydrogen-bond donors (Lipinski definition) is 2. The number of hydrogen-bond acceptors (Lipinski definition) is 3. The van der Waals surface area contributed by atoms with Crippen molar-refractivity contribution in [2.75, 3.05) is 20.2 Å². The van der Waals surface area contributed by atoms with E-state index < -0.39 is 77.4 Å². The minimum Gasteiger partial charge on any atom is -0.496 e. The maximum absolute atomic E-state index is 14.8. The van der Waals surface area contributed by atoms with Crippen molar-refractivity contribution in [1.29, 1.82) is 0 Å². The van der Waals surface area contributed by atoms with Crippen molar-refractivity contribution < 1.29 is 58.2 Å². The SMILES string of the molecule is C=C(/C=C\C(OC)=C(/C)Cl)C(/C=C(\F)c1ccc(C(=O)NCC(=O)NCC(F)(F)F)c(C(F)(F)F)c1)C(F)(F)F. The number of halogens is 11. The third-order valence-corrected chi connectivity index (χ3v) is 5.00. The molecule has 1 aromatic carbocycles. The van der Waals surface area contributed by atoms with Crippen LogP contribution in [-0.4, -0.2) is 44.4 Å². The molecule has 0 aliphatic heterocycles. The predicted molar refractivity (Wildman–Crippen MR) is 125 cm³/mol. The first-order valence-electron chi connectivity index (χ1n) is 10.7. The molecule has 16 heteroatoms. The summed E-state index contributed by atoms with van der Waals surface area (Å²) in [7, 11) is 1.18. The summed E-state index contributed by atoms with van der Waals surface area (Å²) in [6.07, 6.45) is -13.4. The highest BCUT2D eigenvalue weighted by molar-refractivity contribution is 6.29. The quantitative estimate of drug-likeness (QED) is 0.173. The molecular formula is C24H21ClF10N2O3. The number of rotatable bonds is 10. The summed E-state index contributed by atoms with van der Waals surface area (Å²) < 4.78 is 138. The summed E-state index contributed by atoms with van der Waals surface area (Å²) >= 11 is 5.71. The molecule has 0 bridgehead atoms. The van der Waals surface area contributed by atoms with E-state index in [1.165, 1.54) is 19.4 Å². The van der Waals surface area contributed by atoms with E-state index in [1.807, 2.05) is 0 Å². The van der Waals surface area contributed by atoms with Crippen molar-refractivity contribution in [2.24, 2.45) is 5.92 Å². The van der Waals surface area contributed by atoms with Gasteiger partial charge in [-0.15, -0.1) is 0 Å². The van der Waals surface area contributed by atoms with E-state index in [4.69, 9.17) is 16.3 Å². The lowest BCUT2D eigenvalue weighted by molar-refractivity contribution is -0.150. The van der Waals surface area contributed by atoms with E-state index in [1.54, 1.807) is 5.32 Å². The van der Waals surface area contributed by atoms with Crippen LogP contribution in [0.4, 0.5) is 43.9 Å². The van der Waals surface area contributed by atoms with Gasteiger partial charge < -0.3 is 15.4 Å². The van der Waals surface area contributed by atoms with Crippen molar-refractivity contribution in [3.8, 4) is 0 Å². The first kappa shape index (κ1) is 34.5. The van der Waals surface area contributed by atoms with Crippen LogP contribution in [0.15, 0.2) is 59.4 Å². The molecule has 1 rings (SSSR count). The lowest BCUT2D eigenvalue weighted by Gasteiger charge is -2.18. The number of nitrogens with one attached hydrogen (secondary N) is 2. The lowest BCUT2D eigenvalue weighted by atomic mass is 9.95. The van der Waals surface area contributed by atoms with Gasteiger partial charge in [0.15, 0.2) is 0 Å². The standard InChI is InChI=1S/C24H21ClF10N2O3/c1-12(4-7-19(40-3)13(2)25)16(23(30,31)32)9-18(26)14-5-6-15(17(8-14)24(33,34)35)21(39)36-10-20(38)37-11-22(27,28)29/h4-9,16H,1,10-11H2,2-3H3,(H,36,39)(H,37,38)/b7-4-,18-9-,19-13-. The van der Waals surface area contributed by atoms with Gasteiger partial charge in [-0.2, -0.15) is 39.5 Å². The number of alkyl halides is 9. The number of carbonyl (C=O) groups is 2. The molecule has 0 aliphatic carbocycles. The number of methoxy groups -OCH3 is 1. The van der Waals surface area contributed by atoms with E-state index in [9.17, 15) is 53.5 Å². The van der Waals surface area contributed by atoms with Crippen LogP contribution in [-0.2, 0) is 15.7 Å². The molecule has 5 nitrogen and oxygen atoms in total. The van der Waals surface area contributed by atoms with Crippen LogP contribution in [0.3, 0.4) is 0 Å². The molecule has 0 fully saturated rings. The Morgan fingerprint density at radius 2 is 1.65 bits per heavy atom. The average molecular weight is 611 g/mol. The zero-order valence-electron chi connectivity index (χ0n) is 20.5. The Labute approximate surface area is 226 Å². The van der Waals surface area contributed by atoms with E-state index in [2.05, 4.69) is 6.58 Å². The monoisotopic (exact) mass is 610 g/mol. The fourth-order valence-electron chi connectivity index (χ4n) is 2.91. The number of carbonyl (C=O) groups excluding carboxylic acids is 2. The third-order valence-electron chi connectivity index (χ3n) is 4.81. The van der Waals surface area contributed by atoms with Gasteiger partial charge in [0.25, 0.3) is 5.91 Å². The number of allylic oxidation sites excluding steroid dienone is 5. The maximum atomic E-state index is 14.8. The van der Waals surface area contributed by atoms with Crippen molar-refractivity contribution in [2.45, 2.75) is 25.5 Å². The van der Waals surface area contributed by atoms with Crippen molar-refractivity contribution in [3.63, 3.8) is 0 Å². The van der Waals surface area contributed by atoms with Crippen LogP contribution >= 0.6 is 11.6 Å². The fourth-order valence-corrected chi connectivity index (χ4v) is 3.05. The summed E-state index contributed by atoms with van der Waals surface area (Å²) in [5.74, 6) is -7.39. The highest BCUT2D eigenvalue weighted by Gasteiger charge is 2.40. The van der Waals surface area contributed by atoms with Gasteiger partial charge in [0.2, 0.25) is 5.91 Å². The van der Waals surface area contributed by atoms with Gasteiger partial charge in [0, 0.05) is 5.56 Å². The highest BCUT2D eigenvalue weighted by atomic mass is 35.5. The minimum absolute atomic E-state index is 0.0172. The topological polar surface area (TPSA) is 67.4 Å². The summed E-state index contributed by atoms with van der Waals surface area (Å²) in [5, 5.41) is 3.14. The molecular weight excluding hydrogens is 590 g/mol. The second kappa shape index (κ2) is 13.7. The summed E-state index contributed by atoms with van der Waals surface area (Å²) in [6.45, 7) is 1.71.